The van der Waals surface area contributed by atoms with Crippen LogP contribution in [0.3, 0.4) is 0 Å². The van der Waals surface area contributed by atoms with E-state index in [1.54, 1.807) is 12.1 Å². The topological polar surface area (TPSA) is 84.6 Å². The number of carboxylic acid groups (broad SMARTS) is 1. The number of phenols is 1. The van der Waals surface area contributed by atoms with E-state index >= 15 is 0 Å². The average Bonchev–Trinajstić information content (AvgIpc) is 2.74. The lowest BCUT2D eigenvalue weighted by atomic mass is 10.2. The van der Waals surface area contributed by atoms with Gasteiger partial charge in [-0.3, -0.25) is 0 Å². The van der Waals surface area contributed by atoms with Gasteiger partial charge in [-0.25, -0.2) is 9.48 Å². The van der Waals surface area contributed by atoms with Crippen LogP contribution in [0.25, 0.3) is 5.69 Å². The Hall–Kier alpha value is -2.34. The maximum Gasteiger partial charge on any atom is 0.339 e. The van der Waals surface area contributed by atoms with Crippen molar-refractivity contribution in [1.82, 2.24) is 9.78 Å². The Balaban J connectivity index is 2.50. The van der Waals surface area contributed by atoms with Gasteiger partial charge in [-0.15, -0.1) is 0 Å². The zero-order valence-electron chi connectivity index (χ0n) is 9.70. The first-order valence-corrected chi connectivity index (χ1v) is 5.22. The number of aromatic carboxylic acids is 1. The largest absolute Gasteiger partial charge is 0.508 e. The number of methoxy groups -OCH3 is 1. The summed E-state index contributed by atoms with van der Waals surface area (Å²) in [5.74, 6) is -0.912. The molecule has 1 aromatic carbocycles. The Bertz CT molecular complexity index is 560. The molecule has 94 valence electrons. The molecule has 0 amide bonds. The summed E-state index contributed by atoms with van der Waals surface area (Å²) >= 11 is 0. The number of nitrogens with zero attached hydrogens (tertiary/aromatic N) is 2. The molecule has 0 atom stereocenters. The molecule has 0 aliphatic carbocycles. The van der Waals surface area contributed by atoms with Crippen molar-refractivity contribution >= 4 is 5.97 Å². The highest BCUT2D eigenvalue weighted by molar-refractivity contribution is 5.88. The summed E-state index contributed by atoms with van der Waals surface area (Å²) in [4.78, 5) is 11.0. The second-order valence-corrected chi connectivity index (χ2v) is 3.67. The van der Waals surface area contributed by atoms with Gasteiger partial charge in [-0.1, -0.05) is 0 Å². The molecular formula is C12H12N2O4. The Morgan fingerprint density at radius 3 is 2.61 bits per heavy atom. The molecule has 0 unspecified atom stereocenters. The minimum atomic E-state index is -1.05. The Morgan fingerprint density at radius 2 is 2.06 bits per heavy atom. The average molecular weight is 248 g/mol. The highest BCUT2D eigenvalue weighted by Crippen LogP contribution is 2.18. The molecule has 0 saturated carbocycles. The number of carboxylic acids is 1. The van der Waals surface area contributed by atoms with Crippen LogP contribution in [0.1, 0.15) is 16.1 Å². The third-order valence-electron chi connectivity index (χ3n) is 2.47. The highest BCUT2D eigenvalue weighted by Gasteiger charge is 2.17. The third kappa shape index (κ3) is 2.18. The molecular weight excluding hydrogens is 236 g/mol. The van der Waals surface area contributed by atoms with Gasteiger partial charge >= 0.3 is 5.97 Å². The molecule has 0 radical (unpaired) electrons. The molecule has 0 aliphatic rings. The molecule has 6 nitrogen and oxygen atoms in total. The van der Waals surface area contributed by atoms with Crippen molar-refractivity contribution in [2.24, 2.45) is 0 Å². The summed E-state index contributed by atoms with van der Waals surface area (Å²) < 4.78 is 6.47. The van der Waals surface area contributed by atoms with Gasteiger partial charge in [0.15, 0.2) is 0 Å². The lowest BCUT2D eigenvalue weighted by molar-refractivity contribution is 0.0691. The highest BCUT2D eigenvalue weighted by atomic mass is 16.5. The summed E-state index contributed by atoms with van der Waals surface area (Å²) in [5, 5.41) is 22.3. The van der Waals surface area contributed by atoms with Crippen molar-refractivity contribution in [3.8, 4) is 11.4 Å². The van der Waals surface area contributed by atoms with Crippen LogP contribution in [0, 0.1) is 0 Å². The number of benzene rings is 1. The molecule has 2 aromatic rings. The number of hydrogen-bond donors (Lipinski definition) is 2. The van der Waals surface area contributed by atoms with Crippen LogP contribution in [-0.4, -0.2) is 33.1 Å². The quantitative estimate of drug-likeness (QED) is 0.854. The molecule has 0 spiro atoms. The molecule has 6 heteroatoms. The maximum atomic E-state index is 11.0. The van der Waals surface area contributed by atoms with Crippen molar-refractivity contribution < 1.29 is 19.7 Å². The van der Waals surface area contributed by atoms with E-state index in [1.807, 2.05) is 0 Å². The molecule has 0 fully saturated rings. The fraction of sp³-hybridized carbons (Fsp3) is 0.167. The normalized spacial score (nSPS) is 10.5. The predicted octanol–water partition coefficient (Wildman–Crippen LogP) is 1.42. The number of aromatic nitrogens is 2. The van der Waals surface area contributed by atoms with E-state index in [1.165, 1.54) is 30.1 Å². The molecule has 0 bridgehead atoms. The third-order valence-corrected chi connectivity index (χ3v) is 2.47. The lowest BCUT2D eigenvalue weighted by Crippen LogP contribution is -2.07. The summed E-state index contributed by atoms with van der Waals surface area (Å²) in [6.45, 7) is 0.141. The zero-order valence-corrected chi connectivity index (χ0v) is 9.70. The Morgan fingerprint density at radius 1 is 1.39 bits per heavy atom. The molecule has 1 aromatic heterocycles. The van der Waals surface area contributed by atoms with Gasteiger partial charge < -0.3 is 14.9 Å². The van der Waals surface area contributed by atoms with Gasteiger partial charge in [0.05, 0.1) is 24.2 Å². The van der Waals surface area contributed by atoms with Gasteiger partial charge in [0.2, 0.25) is 0 Å². The van der Waals surface area contributed by atoms with E-state index in [2.05, 4.69) is 5.10 Å². The number of hydrogen-bond acceptors (Lipinski definition) is 4. The van der Waals surface area contributed by atoms with Crippen molar-refractivity contribution in [1.29, 1.82) is 0 Å². The van der Waals surface area contributed by atoms with E-state index in [0.717, 1.165) is 0 Å². The zero-order chi connectivity index (χ0) is 13.1. The van der Waals surface area contributed by atoms with Crippen LogP contribution in [0.5, 0.6) is 5.75 Å². The first-order valence-electron chi connectivity index (χ1n) is 5.22. The van der Waals surface area contributed by atoms with Gasteiger partial charge in [0.25, 0.3) is 0 Å². The van der Waals surface area contributed by atoms with Crippen molar-refractivity contribution in [3.05, 3.63) is 41.7 Å². The second kappa shape index (κ2) is 4.89. The second-order valence-electron chi connectivity index (χ2n) is 3.67. The minimum absolute atomic E-state index is 0.102. The number of carbonyl (C=O) groups is 1. The van der Waals surface area contributed by atoms with Crippen LogP contribution in [0.15, 0.2) is 30.5 Å². The fourth-order valence-electron chi connectivity index (χ4n) is 1.64. The molecule has 18 heavy (non-hydrogen) atoms. The van der Waals surface area contributed by atoms with E-state index < -0.39 is 5.97 Å². The Kier molecular flexibility index (Phi) is 3.29. The molecule has 0 aliphatic heterocycles. The first-order chi connectivity index (χ1) is 8.63. The molecule has 2 rings (SSSR count). The maximum absolute atomic E-state index is 11.0. The first kappa shape index (κ1) is 12.1. The Labute approximate surface area is 103 Å². The monoisotopic (exact) mass is 248 g/mol. The van der Waals surface area contributed by atoms with Gasteiger partial charge in [-0.2, -0.15) is 5.10 Å². The van der Waals surface area contributed by atoms with Crippen molar-refractivity contribution in [3.63, 3.8) is 0 Å². The van der Waals surface area contributed by atoms with E-state index in [0.29, 0.717) is 11.4 Å². The SMILES string of the molecule is COCc1c(C(=O)O)cnn1-c1ccc(O)cc1. The van der Waals surface area contributed by atoms with Gasteiger partial charge in [0, 0.05) is 7.11 Å². The van der Waals surface area contributed by atoms with E-state index in [4.69, 9.17) is 9.84 Å². The van der Waals surface area contributed by atoms with Crippen LogP contribution in [0.2, 0.25) is 0 Å². The van der Waals surface area contributed by atoms with Crippen molar-refractivity contribution in [2.45, 2.75) is 6.61 Å². The summed E-state index contributed by atoms with van der Waals surface area (Å²) in [6.07, 6.45) is 1.28. The minimum Gasteiger partial charge on any atom is -0.508 e. The molecule has 2 N–H and O–H groups in total. The standard InChI is InChI=1S/C12H12N2O4/c1-18-7-11-10(12(16)17)6-13-14(11)8-2-4-9(15)5-3-8/h2-6,15H,7H2,1H3,(H,16,17). The van der Waals surface area contributed by atoms with Crippen LogP contribution in [0.4, 0.5) is 0 Å². The van der Waals surface area contributed by atoms with Gasteiger partial charge in [0.1, 0.15) is 11.3 Å². The smallest absolute Gasteiger partial charge is 0.339 e. The fourth-order valence-corrected chi connectivity index (χ4v) is 1.64. The molecule has 1 heterocycles. The summed E-state index contributed by atoms with van der Waals surface area (Å²) in [7, 11) is 1.49. The molecule has 0 saturated heterocycles. The number of ether oxygens (including phenoxy) is 1. The van der Waals surface area contributed by atoms with Crippen molar-refractivity contribution in [2.75, 3.05) is 7.11 Å². The van der Waals surface area contributed by atoms with Crippen LogP contribution < -0.4 is 0 Å². The lowest BCUT2D eigenvalue weighted by Gasteiger charge is -2.07. The summed E-state index contributed by atoms with van der Waals surface area (Å²) in [6, 6.07) is 6.31. The number of phenolic OH excluding ortho intramolecular Hbond substituents is 1. The van der Waals surface area contributed by atoms with E-state index in [9.17, 15) is 9.90 Å². The summed E-state index contributed by atoms with van der Waals surface area (Å²) in [5.41, 5.74) is 1.22. The predicted molar refractivity (Wildman–Crippen MR) is 62.9 cm³/mol. The number of rotatable bonds is 4. The van der Waals surface area contributed by atoms with E-state index in [-0.39, 0.29) is 17.9 Å². The van der Waals surface area contributed by atoms with Crippen LogP contribution >= 0.6 is 0 Å². The van der Waals surface area contributed by atoms with Crippen LogP contribution in [-0.2, 0) is 11.3 Å². The number of aromatic hydroxyl groups is 1. The van der Waals surface area contributed by atoms with Gasteiger partial charge in [-0.05, 0) is 24.3 Å².